The molecule has 1 aliphatic rings. The molecule has 118 valence electrons. The molecular formula is C17H17ClN4O. The van der Waals surface area contributed by atoms with E-state index in [1.807, 2.05) is 31.6 Å². The smallest absolute Gasteiger partial charge is 0.205 e. The summed E-state index contributed by atoms with van der Waals surface area (Å²) >= 11 is 5.93. The largest absolute Gasteiger partial charge is 0.447 e. The molecule has 6 heteroatoms. The first-order chi connectivity index (χ1) is 11.1. The van der Waals surface area contributed by atoms with Gasteiger partial charge in [0.05, 0.1) is 11.6 Å². The zero-order chi connectivity index (χ0) is 16.0. The van der Waals surface area contributed by atoms with Gasteiger partial charge in [0.15, 0.2) is 0 Å². The van der Waals surface area contributed by atoms with Crippen LogP contribution in [0.3, 0.4) is 0 Å². The van der Waals surface area contributed by atoms with Crippen molar-refractivity contribution in [3.8, 4) is 11.3 Å². The standard InChI is InChI=1S/C17H17ClN4O/c1-17(12-3-4-12,13-5-6-15(18)19-8-13)16-21-14(10-23-16)11-7-20-22(2)9-11/h5-10,12H,3-4H2,1-2H3. The molecule has 0 radical (unpaired) electrons. The van der Waals surface area contributed by atoms with Crippen LogP contribution in [0.5, 0.6) is 0 Å². The molecule has 1 saturated carbocycles. The van der Waals surface area contributed by atoms with E-state index in [1.165, 1.54) is 12.8 Å². The first-order valence-electron chi connectivity index (χ1n) is 7.64. The number of nitrogens with zero attached hydrogens (tertiary/aromatic N) is 4. The molecule has 1 unspecified atom stereocenters. The minimum absolute atomic E-state index is 0.280. The minimum atomic E-state index is -0.280. The van der Waals surface area contributed by atoms with Gasteiger partial charge in [-0.15, -0.1) is 0 Å². The number of rotatable bonds is 4. The second-order valence-corrected chi connectivity index (χ2v) is 6.67. The van der Waals surface area contributed by atoms with E-state index in [2.05, 4.69) is 17.0 Å². The lowest BCUT2D eigenvalue weighted by molar-refractivity contribution is 0.357. The van der Waals surface area contributed by atoms with E-state index < -0.39 is 0 Å². The average molecular weight is 329 g/mol. The summed E-state index contributed by atoms with van der Waals surface area (Å²) in [6.45, 7) is 2.18. The van der Waals surface area contributed by atoms with Crippen LogP contribution >= 0.6 is 11.6 Å². The molecule has 0 amide bonds. The molecule has 3 heterocycles. The normalized spacial score (nSPS) is 17.2. The Morgan fingerprint density at radius 3 is 2.74 bits per heavy atom. The van der Waals surface area contributed by atoms with Crippen LogP contribution in [0.2, 0.25) is 5.15 Å². The first-order valence-corrected chi connectivity index (χ1v) is 8.02. The summed E-state index contributed by atoms with van der Waals surface area (Å²) in [7, 11) is 1.89. The molecule has 1 atom stereocenters. The fraction of sp³-hybridized carbons (Fsp3) is 0.353. The van der Waals surface area contributed by atoms with Gasteiger partial charge in [0.2, 0.25) is 5.89 Å². The summed E-state index contributed by atoms with van der Waals surface area (Å²) in [5, 5.41) is 4.69. The minimum Gasteiger partial charge on any atom is -0.447 e. The highest BCUT2D eigenvalue weighted by Crippen LogP contribution is 2.51. The van der Waals surface area contributed by atoms with E-state index in [-0.39, 0.29) is 5.41 Å². The zero-order valence-corrected chi connectivity index (χ0v) is 13.8. The number of oxazole rings is 1. The summed E-state index contributed by atoms with van der Waals surface area (Å²) in [4.78, 5) is 8.98. The molecule has 0 N–H and O–H groups in total. The van der Waals surface area contributed by atoms with Gasteiger partial charge < -0.3 is 4.42 Å². The van der Waals surface area contributed by atoms with Crippen molar-refractivity contribution >= 4 is 11.6 Å². The van der Waals surface area contributed by atoms with Crippen molar-refractivity contribution in [1.82, 2.24) is 19.7 Å². The maximum Gasteiger partial charge on any atom is 0.205 e. The van der Waals surface area contributed by atoms with Gasteiger partial charge in [-0.05, 0) is 37.3 Å². The Hall–Kier alpha value is -2.14. The zero-order valence-electron chi connectivity index (χ0n) is 13.0. The van der Waals surface area contributed by atoms with E-state index in [1.54, 1.807) is 17.1 Å². The van der Waals surface area contributed by atoms with Gasteiger partial charge in [0, 0.05) is 25.0 Å². The highest BCUT2D eigenvalue weighted by atomic mass is 35.5. The fourth-order valence-corrected chi connectivity index (χ4v) is 3.19. The van der Waals surface area contributed by atoms with Gasteiger partial charge in [-0.25, -0.2) is 9.97 Å². The Morgan fingerprint density at radius 2 is 2.13 bits per heavy atom. The molecule has 23 heavy (non-hydrogen) atoms. The molecule has 0 aromatic carbocycles. The Kier molecular flexibility index (Phi) is 3.27. The summed E-state index contributed by atoms with van der Waals surface area (Å²) in [5.41, 5.74) is 2.57. The number of pyridine rings is 1. The topological polar surface area (TPSA) is 56.7 Å². The monoisotopic (exact) mass is 328 g/mol. The highest BCUT2D eigenvalue weighted by molar-refractivity contribution is 6.29. The number of hydrogen-bond acceptors (Lipinski definition) is 4. The maximum absolute atomic E-state index is 5.93. The van der Waals surface area contributed by atoms with E-state index in [0.29, 0.717) is 11.1 Å². The van der Waals surface area contributed by atoms with Crippen LogP contribution in [0.4, 0.5) is 0 Å². The lowest BCUT2D eigenvalue weighted by atomic mass is 9.78. The van der Waals surface area contributed by atoms with E-state index >= 15 is 0 Å². The molecule has 5 nitrogen and oxygen atoms in total. The molecule has 3 aromatic heterocycles. The van der Waals surface area contributed by atoms with Gasteiger partial charge in [0.1, 0.15) is 17.1 Å². The van der Waals surface area contributed by atoms with Crippen LogP contribution in [0.15, 0.2) is 41.4 Å². The third-order valence-electron chi connectivity index (χ3n) is 4.67. The van der Waals surface area contributed by atoms with Crippen molar-refractivity contribution in [3.05, 3.63) is 53.6 Å². The molecule has 1 fully saturated rings. The van der Waals surface area contributed by atoms with Crippen molar-refractivity contribution in [2.24, 2.45) is 13.0 Å². The van der Waals surface area contributed by atoms with Crippen molar-refractivity contribution in [2.75, 3.05) is 0 Å². The molecule has 3 aromatic rings. The summed E-state index contributed by atoms with van der Waals surface area (Å²) < 4.78 is 7.63. The molecule has 1 aliphatic carbocycles. The fourth-order valence-electron chi connectivity index (χ4n) is 3.08. The van der Waals surface area contributed by atoms with Crippen LogP contribution in [0, 0.1) is 5.92 Å². The van der Waals surface area contributed by atoms with Crippen LogP contribution in [-0.2, 0) is 12.5 Å². The maximum atomic E-state index is 5.93. The average Bonchev–Trinajstić information content (AvgIpc) is 3.12. The van der Waals surface area contributed by atoms with Gasteiger partial charge in [-0.2, -0.15) is 5.10 Å². The van der Waals surface area contributed by atoms with Crippen LogP contribution < -0.4 is 0 Å². The molecule has 0 bridgehead atoms. The molecule has 0 spiro atoms. The second kappa shape index (κ2) is 5.20. The number of aromatic nitrogens is 4. The Morgan fingerprint density at radius 1 is 1.30 bits per heavy atom. The van der Waals surface area contributed by atoms with Crippen molar-refractivity contribution in [2.45, 2.75) is 25.2 Å². The van der Waals surface area contributed by atoms with Crippen molar-refractivity contribution < 1.29 is 4.42 Å². The van der Waals surface area contributed by atoms with Crippen LogP contribution in [0.1, 0.15) is 31.2 Å². The first kappa shape index (κ1) is 14.5. The SMILES string of the molecule is Cn1cc(-c2coc(C(C)(c3ccc(Cl)nc3)C3CC3)n2)cn1. The number of hydrogen-bond donors (Lipinski definition) is 0. The molecular weight excluding hydrogens is 312 g/mol. The predicted molar refractivity (Wildman–Crippen MR) is 87.1 cm³/mol. The Balaban J connectivity index is 1.76. The molecule has 0 aliphatic heterocycles. The van der Waals surface area contributed by atoms with E-state index in [9.17, 15) is 0 Å². The van der Waals surface area contributed by atoms with Gasteiger partial charge in [-0.1, -0.05) is 17.7 Å². The van der Waals surface area contributed by atoms with Gasteiger partial charge >= 0.3 is 0 Å². The third-order valence-corrected chi connectivity index (χ3v) is 4.89. The summed E-state index contributed by atoms with van der Waals surface area (Å²) in [6, 6.07) is 3.84. The molecule has 0 saturated heterocycles. The quantitative estimate of drug-likeness (QED) is 0.683. The second-order valence-electron chi connectivity index (χ2n) is 6.29. The van der Waals surface area contributed by atoms with Gasteiger partial charge in [0.25, 0.3) is 0 Å². The lowest BCUT2D eigenvalue weighted by Gasteiger charge is -2.26. The third kappa shape index (κ3) is 2.45. The Bertz CT molecular complexity index is 834. The Labute approximate surface area is 139 Å². The predicted octanol–water partition coefficient (Wildman–Crippen LogP) is 3.84. The summed E-state index contributed by atoms with van der Waals surface area (Å²) in [5.74, 6) is 1.24. The number of aryl methyl sites for hydroxylation is 1. The van der Waals surface area contributed by atoms with E-state index in [4.69, 9.17) is 21.0 Å². The molecule has 4 rings (SSSR count). The van der Waals surface area contributed by atoms with Crippen molar-refractivity contribution in [1.29, 1.82) is 0 Å². The van der Waals surface area contributed by atoms with E-state index in [0.717, 1.165) is 22.7 Å². The van der Waals surface area contributed by atoms with Crippen LogP contribution in [-0.4, -0.2) is 19.7 Å². The summed E-state index contributed by atoms with van der Waals surface area (Å²) in [6.07, 6.45) is 9.60. The van der Waals surface area contributed by atoms with Crippen LogP contribution in [0.25, 0.3) is 11.3 Å². The highest BCUT2D eigenvalue weighted by Gasteiger charge is 2.47. The van der Waals surface area contributed by atoms with Gasteiger partial charge in [-0.3, -0.25) is 4.68 Å². The lowest BCUT2D eigenvalue weighted by Crippen LogP contribution is -2.27. The van der Waals surface area contributed by atoms with Crippen molar-refractivity contribution in [3.63, 3.8) is 0 Å². The number of halogens is 1.